The lowest BCUT2D eigenvalue weighted by Crippen LogP contribution is -2.31. The van der Waals surface area contributed by atoms with Gasteiger partial charge >= 0.3 is 0 Å². The predicted molar refractivity (Wildman–Crippen MR) is 68.9 cm³/mol. The minimum atomic E-state index is -0.462. The molecule has 5 heteroatoms. The van der Waals surface area contributed by atoms with E-state index in [-0.39, 0.29) is 6.54 Å². The summed E-state index contributed by atoms with van der Waals surface area (Å²) in [6.45, 7) is 0.0278. The fraction of sp³-hybridized carbons (Fsp3) is 0.154. The zero-order valence-corrected chi connectivity index (χ0v) is 9.92. The van der Waals surface area contributed by atoms with E-state index in [1.807, 2.05) is 24.3 Å². The molecule has 0 saturated carbocycles. The summed E-state index contributed by atoms with van der Waals surface area (Å²) in [7, 11) is 1.68. The van der Waals surface area contributed by atoms with E-state index in [4.69, 9.17) is 11.0 Å². The molecule has 2 rings (SSSR count). The molecule has 0 fully saturated rings. The molecule has 90 valence electrons. The second-order valence-corrected chi connectivity index (χ2v) is 3.99. The van der Waals surface area contributed by atoms with Gasteiger partial charge < -0.3 is 10.6 Å². The van der Waals surface area contributed by atoms with E-state index in [0.29, 0.717) is 11.4 Å². The lowest BCUT2D eigenvalue weighted by molar-refractivity contribution is -0.116. The van der Waals surface area contributed by atoms with Crippen LogP contribution in [0.1, 0.15) is 5.56 Å². The van der Waals surface area contributed by atoms with Crippen LogP contribution >= 0.6 is 0 Å². The number of pyridine rings is 1. The summed E-state index contributed by atoms with van der Waals surface area (Å²) in [5.74, 6) is 0.00588. The Balaban J connectivity index is 2.55. The van der Waals surface area contributed by atoms with Gasteiger partial charge in [0.1, 0.15) is 11.9 Å². The monoisotopic (exact) mass is 240 g/mol. The number of rotatable bonds is 3. The highest BCUT2D eigenvalue weighted by atomic mass is 16.1. The predicted octanol–water partition coefficient (Wildman–Crippen LogP) is 1.03. The molecule has 1 aromatic carbocycles. The standard InChI is InChI=1S/C13H12N4O/c1-17(8-12(15)18)13-10(7-14)6-9-4-2-3-5-11(9)16-13/h2-6H,8H2,1H3,(H2,15,18). The number of fused-ring (bicyclic) bond motifs is 1. The largest absolute Gasteiger partial charge is 0.368 e. The molecule has 18 heavy (non-hydrogen) atoms. The number of likely N-dealkylation sites (N-methyl/N-ethyl adjacent to an activating group) is 1. The third-order valence-corrected chi connectivity index (χ3v) is 2.58. The van der Waals surface area contributed by atoms with Gasteiger partial charge in [-0.2, -0.15) is 5.26 Å². The number of nitrogens with two attached hydrogens (primary N) is 1. The van der Waals surface area contributed by atoms with Crippen LogP contribution in [0.4, 0.5) is 5.82 Å². The van der Waals surface area contributed by atoms with Crippen LogP contribution in [-0.2, 0) is 4.79 Å². The maximum Gasteiger partial charge on any atom is 0.236 e. The number of primary amides is 1. The van der Waals surface area contributed by atoms with E-state index in [0.717, 1.165) is 10.9 Å². The summed E-state index contributed by atoms with van der Waals surface area (Å²) in [5.41, 5.74) is 6.35. The number of hydrogen-bond donors (Lipinski definition) is 1. The van der Waals surface area contributed by atoms with Crippen LogP contribution < -0.4 is 10.6 Å². The van der Waals surface area contributed by atoms with Gasteiger partial charge in [0.15, 0.2) is 0 Å². The number of carbonyl (C=O) groups is 1. The Bertz CT molecular complexity index is 645. The second-order valence-electron chi connectivity index (χ2n) is 3.99. The molecule has 0 bridgehead atoms. The minimum Gasteiger partial charge on any atom is -0.368 e. The van der Waals surface area contributed by atoms with Crippen molar-refractivity contribution in [2.75, 3.05) is 18.5 Å². The summed E-state index contributed by atoms with van der Waals surface area (Å²) < 4.78 is 0. The molecule has 5 nitrogen and oxygen atoms in total. The number of para-hydroxylation sites is 1. The number of amides is 1. The van der Waals surface area contributed by atoms with E-state index >= 15 is 0 Å². The third-order valence-electron chi connectivity index (χ3n) is 2.58. The number of nitriles is 1. The molecule has 0 spiro atoms. The maximum atomic E-state index is 10.9. The average molecular weight is 240 g/mol. The van der Waals surface area contributed by atoms with Crippen LogP contribution in [-0.4, -0.2) is 24.5 Å². The Morgan fingerprint density at radius 3 is 2.89 bits per heavy atom. The van der Waals surface area contributed by atoms with Crippen molar-refractivity contribution in [1.29, 1.82) is 5.26 Å². The highest BCUT2D eigenvalue weighted by Crippen LogP contribution is 2.21. The number of benzene rings is 1. The molecule has 0 unspecified atom stereocenters. The van der Waals surface area contributed by atoms with E-state index in [2.05, 4.69) is 11.1 Å². The van der Waals surface area contributed by atoms with E-state index in [9.17, 15) is 4.79 Å². The van der Waals surface area contributed by atoms with Gasteiger partial charge in [-0.25, -0.2) is 4.98 Å². The Kier molecular flexibility index (Phi) is 3.11. The summed E-state index contributed by atoms with van der Waals surface area (Å²) in [6, 6.07) is 11.4. The Morgan fingerprint density at radius 2 is 2.22 bits per heavy atom. The normalized spacial score (nSPS) is 10.0. The van der Waals surface area contributed by atoms with Crippen molar-refractivity contribution in [2.24, 2.45) is 5.73 Å². The Hall–Kier alpha value is -2.61. The zero-order chi connectivity index (χ0) is 13.1. The number of aromatic nitrogens is 1. The fourth-order valence-corrected chi connectivity index (χ4v) is 1.79. The third kappa shape index (κ3) is 2.23. The first kappa shape index (κ1) is 11.9. The first-order valence-electron chi connectivity index (χ1n) is 5.41. The van der Waals surface area contributed by atoms with Crippen molar-refractivity contribution in [3.05, 3.63) is 35.9 Å². The van der Waals surface area contributed by atoms with Gasteiger partial charge in [-0.15, -0.1) is 0 Å². The van der Waals surface area contributed by atoms with Crippen molar-refractivity contribution < 1.29 is 4.79 Å². The summed E-state index contributed by atoms with van der Waals surface area (Å²) in [4.78, 5) is 16.9. The summed E-state index contributed by atoms with van der Waals surface area (Å²) in [5, 5.41) is 10.0. The lowest BCUT2D eigenvalue weighted by atomic mass is 10.1. The van der Waals surface area contributed by atoms with Crippen LogP contribution in [0, 0.1) is 11.3 Å². The highest BCUT2D eigenvalue weighted by molar-refractivity contribution is 5.84. The van der Waals surface area contributed by atoms with Crippen LogP contribution in [0.25, 0.3) is 10.9 Å². The molecule has 2 N–H and O–H groups in total. The van der Waals surface area contributed by atoms with Crippen molar-refractivity contribution >= 4 is 22.6 Å². The van der Waals surface area contributed by atoms with Gasteiger partial charge in [-0.1, -0.05) is 18.2 Å². The van der Waals surface area contributed by atoms with Gasteiger partial charge in [0.05, 0.1) is 17.6 Å². The van der Waals surface area contributed by atoms with Crippen molar-refractivity contribution in [3.8, 4) is 6.07 Å². The first-order chi connectivity index (χ1) is 8.61. The molecule has 0 radical (unpaired) electrons. The molecule has 0 aliphatic rings. The summed E-state index contributed by atoms with van der Waals surface area (Å²) in [6.07, 6.45) is 0. The number of carbonyl (C=O) groups excluding carboxylic acids is 1. The molecular formula is C13H12N4O. The number of nitrogens with zero attached hydrogens (tertiary/aromatic N) is 3. The van der Waals surface area contributed by atoms with Gasteiger partial charge in [0.2, 0.25) is 5.91 Å². The molecule has 0 aliphatic carbocycles. The van der Waals surface area contributed by atoms with Crippen LogP contribution in [0.15, 0.2) is 30.3 Å². The lowest BCUT2D eigenvalue weighted by Gasteiger charge is -2.17. The second kappa shape index (κ2) is 4.72. The highest BCUT2D eigenvalue weighted by Gasteiger charge is 2.12. The van der Waals surface area contributed by atoms with Gasteiger partial charge in [0.25, 0.3) is 0 Å². The van der Waals surface area contributed by atoms with Crippen LogP contribution in [0.2, 0.25) is 0 Å². The fourth-order valence-electron chi connectivity index (χ4n) is 1.79. The SMILES string of the molecule is CN(CC(N)=O)c1nc2ccccc2cc1C#N. The molecule has 0 aliphatic heterocycles. The van der Waals surface area contributed by atoms with Gasteiger partial charge in [-0.3, -0.25) is 4.79 Å². The minimum absolute atomic E-state index is 0.0278. The van der Waals surface area contributed by atoms with E-state index < -0.39 is 5.91 Å². The van der Waals surface area contributed by atoms with Crippen LogP contribution in [0.3, 0.4) is 0 Å². The smallest absolute Gasteiger partial charge is 0.236 e. The molecule has 0 saturated heterocycles. The molecule has 1 amide bonds. The number of hydrogen-bond acceptors (Lipinski definition) is 4. The topological polar surface area (TPSA) is 83.0 Å². The van der Waals surface area contributed by atoms with Gasteiger partial charge in [0, 0.05) is 12.4 Å². The quantitative estimate of drug-likeness (QED) is 0.868. The Morgan fingerprint density at radius 1 is 1.50 bits per heavy atom. The van der Waals surface area contributed by atoms with Crippen molar-refractivity contribution in [1.82, 2.24) is 4.98 Å². The first-order valence-corrected chi connectivity index (χ1v) is 5.41. The maximum absolute atomic E-state index is 10.9. The zero-order valence-electron chi connectivity index (χ0n) is 9.92. The molecule has 1 aromatic heterocycles. The molecular weight excluding hydrogens is 228 g/mol. The summed E-state index contributed by atoms with van der Waals surface area (Å²) >= 11 is 0. The Labute approximate surface area is 104 Å². The molecule has 2 aromatic rings. The van der Waals surface area contributed by atoms with E-state index in [1.165, 1.54) is 0 Å². The van der Waals surface area contributed by atoms with Gasteiger partial charge in [-0.05, 0) is 12.1 Å². The van der Waals surface area contributed by atoms with Crippen molar-refractivity contribution in [2.45, 2.75) is 0 Å². The molecule has 1 heterocycles. The van der Waals surface area contributed by atoms with E-state index in [1.54, 1.807) is 18.0 Å². The van der Waals surface area contributed by atoms with Crippen LogP contribution in [0.5, 0.6) is 0 Å². The number of anilines is 1. The van der Waals surface area contributed by atoms with Crippen molar-refractivity contribution in [3.63, 3.8) is 0 Å². The molecule has 0 atom stereocenters. The average Bonchev–Trinajstić information content (AvgIpc) is 2.36.